The minimum absolute atomic E-state index is 0.00486. The summed E-state index contributed by atoms with van der Waals surface area (Å²) >= 11 is 0. The Morgan fingerprint density at radius 3 is 2.53 bits per heavy atom. The van der Waals surface area contributed by atoms with Crippen molar-refractivity contribution in [1.29, 1.82) is 0 Å². The molecule has 0 saturated carbocycles. The summed E-state index contributed by atoms with van der Waals surface area (Å²) in [5.41, 5.74) is 5.31. The Hall–Kier alpha value is -2.66. The minimum Gasteiger partial charge on any atom is -0.370 e. The van der Waals surface area contributed by atoms with Gasteiger partial charge in [-0.2, -0.15) is 0 Å². The molecule has 1 aromatic carbocycles. The maximum Gasteiger partial charge on any atom is 0.253 e. The van der Waals surface area contributed by atoms with Gasteiger partial charge < -0.3 is 20.7 Å². The van der Waals surface area contributed by atoms with Crippen LogP contribution in [0.3, 0.4) is 0 Å². The highest BCUT2D eigenvalue weighted by molar-refractivity contribution is 6.09. The maximum absolute atomic E-state index is 14.5. The second kappa shape index (κ2) is 10.4. The van der Waals surface area contributed by atoms with E-state index in [0.29, 0.717) is 0 Å². The summed E-state index contributed by atoms with van der Waals surface area (Å²) in [4.78, 5) is 38.6. The third kappa shape index (κ3) is 6.17. The monoisotopic (exact) mass is 430 g/mol. The van der Waals surface area contributed by atoms with Gasteiger partial charge in [0.1, 0.15) is 12.4 Å². The molecule has 0 aliphatic carbocycles. The van der Waals surface area contributed by atoms with E-state index < -0.39 is 42.6 Å². The molecule has 3 N–H and O–H groups in total. The second-order valence-corrected chi connectivity index (χ2v) is 7.30. The highest BCUT2D eigenvalue weighted by Crippen LogP contribution is 2.24. The third-order valence-corrected chi connectivity index (χ3v) is 4.35. The lowest BCUT2D eigenvalue weighted by atomic mass is 10.1. The van der Waals surface area contributed by atoms with Crippen LogP contribution in [-0.4, -0.2) is 67.9 Å². The van der Waals surface area contributed by atoms with Crippen LogP contribution in [0.15, 0.2) is 18.2 Å². The molecule has 3 amide bonds. The zero-order valence-corrected chi connectivity index (χ0v) is 16.7. The number of anilines is 2. The molecule has 1 aliphatic rings. The Morgan fingerprint density at radius 2 is 2.00 bits per heavy atom. The average molecular weight is 430 g/mol. The number of rotatable bonds is 9. The quantitative estimate of drug-likeness (QED) is 0.573. The van der Waals surface area contributed by atoms with Gasteiger partial charge in [-0.15, -0.1) is 0 Å². The van der Waals surface area contributed by atoms with Crippen LogP contribution in [0.4, 0.5) is 24.5 Å². The van der Waals surface area contributed by atoms with E-state index in [0.717, 1.165) is 11.0 Å². The number of ether oxygens (including phenoxy) is 1. The van der Waals surface area contributed by atoms with Gasteiger partial charge in [-0.1, -0.05) is 13.8 Å². The van der Waals surface area contributed by atoms with Crippen LogP contribution >= 0.6 is 0 Å². The molecule has 1 aliphatic heterocycles. The van der Waals surface area contributed by atoms with Crippen molar-refractivity contribution in [3.05, 3.63) is 24.0 Å². The average Bonchev–Trinajstić information content (AvgIpc) is 2.61. The lowest BCUT2D eigenvalue weighted by molar-refractivity contribution is -0.133. The SMILES string of the molecule is CC(C)CN(CC(F)F)[C@H](C(N)=O)C(=O)Nc1ccc(N2CCOCC2=O)c(F)c1. The van der Waals surface area contributed by atoms with Crippen molar-refractivity contribution in [2.45, 2.75) is 26.3 Å². The number of hydrogen-bond donors (Lipinski definition) is 2. The summed E-state index contributed by atoms with van der Waals surface area (Å²) in [7, 11) is 0. The largest absolute Gasteiger partial charge is 0.370 e. The summed E-state index contributed by atoms with van der Waals surface area (Å²) in [6.07, 6.45) is -2.78. The predicted octanol–water partition coefficient (Wildman–Crippen LogP) is 1.20. The maximum atomic E-state index is 14.5. The molecular formula is C19H25F3N4O4. The molecule has 0 radical (unpaired) electrons. The molecule has 11 heteroatoms. The Morgan fingerprint density at radius 1 is 1.30 bits per heavy atom. The van der Waals surface area contributed by atoms with Crippen molar-refractivity contribution in [2.24, 2.45) is 11.7 Å². The fourth-order valence-corrected chi connectivity index (χ4v) is 3.19. The molecule has 1 heterocycles. The van der Waals surface area contributed by atoms with Crippen LogP contribution in [0.2, 0.25) is 0 Å². The molecule has 0 unspecified atom stereocenters. The van der Waals surface area contributed by atoms with Gasteiger partial charge in [0.15, 0.2) is 6.04 Å². The van der Waals surface area contributed by atoms with Gasteiger partial charge in [-0.25, -0.2) is 13.2 Å². The summed E-state index contributed by atoms with van der Waals surface area (Å²) in [5.74, 6) is -3.32. The number of amides is 3. The Bertz CT molecular complexity index is 781. The third-order valence-electron chi connectivity index (χ3n) is 4.35. The number of carbonyl (C=O) groups is 3. The van der Waals surface area contributed by atoms with E-state index in [-0.39, 0.29) is 43.6 Å². The molecule has 0 spiro atoms. The first-order valence-electron chi connectivity index (χ1n) is 9.40. The molecule has 1 atom stereocenters. The molecule has 166 valence electrons. The fourth-order valence-electron chi connectivity index (χ4n) is 3.19. The molecular weight excluding hydrogens is 405 g/mol. The van der Waals surface area contributed by atoms with Gasteiger partial charge in [0.05, 0.1) is 18.8 Å². The van der Waals surface area contributed by atoms with E-state index >= 15 is 0 Å². The van der Waals surface area contributed by atoms with Crippen molar-refractivity contribution in [3.8, 4) is 0 Å². The lowest BCUT2D eigenvalue weighted by Gasteiger charge is -2.30. The van der Waals surface area contributed by atoms with Gasteiger partial charge >= 0.3 is 0 Å². The van der Waals surface area contributed by atoms with Gasteiger partial charge in [0.2, 0.25) is 5.91 Å². The second-order valence-electron chi connectivity index (χ2n) is 7.30. The zero-order valence-electron chi connectivity index (χ0n) is 16.7. The van der Waals surface area contributed by atoms with Gasteiger partial charge in [0.25, 0.3) is 18.2 Å². The molecule has 2 rings (SSSR count). The summed E-state index contributed by atoms with van der Waals surface area (Å²) in [6.45, 7) is 3.01. The topological polar surface area (TPSA) is 105 Å². The summed E-state index contributed by atoms with van der Waals surface area (Å²) in [5, 5.41) is 2.34. The van der Waals surface area contributed by atoms with Crippen molar-refractivity contribution in [3.63, 3.8) is 0 Å². The van der Waals surface area contributed by atoms with Crippen LogP contribution in [0.1, 0.15) is 13.8 Å². The van der Waals surface area contributed by atoms with E-state index in [1.165, 1.54) is 17.0 Å². The smallest absolute Gasteiger partial charge is 0.253 e. The first-order valence-corrected chi connectivity index (χ1v) is 9.40. The molecule has 0 aromatic heterocycles. The van der Waals surface area contributed by atoms with E-state index in [9.17, 15) is 27.6 Å². The number of carbonyl (C=O) groups excluding carboxylic acids is 3. The van der Waals surface area contributed by atoms with Crippen molar-refractivity contribution in [2.75, 3.05) is 43.1 Å². The molecule has 1 fully saturated rings. The molecule has 30 heavy (non-hydrogen) atoms. The molecule has 8 nitrogen and oxygen atoms in total. The Balaban J connectivity index is 2.19. The number of benzene rings is 1. The van der Waals surface area contributed by atoms with Crippen LogP contribution in [0.5, 0.6) is 0 Å². The van der Waals surface area contributed by atoms with Crippen LogP contribution < -0.4 is 16.0 Å². The van der Waals surface area contributed by atoms with E-state index in [1.807, 2.05) is 0 Å². The molecule has 1 saturated heterocycles. The summed E-state index contributed by atoms with van der Waals surface area (Å²) in [6, 6.07) is 1.98. The number of halogens is 3. The fraction of sp³-hybridized carbons (Fsp3) is 0.526. The van der Waals surface area contributed by atoms with Crippen LogP contribution in [-0.2, 0) is 19.1 Å². The van der Waals surface area contributed by atoms with Crippen molar-refractivity contribution >= 4 is 29.1 Å². The first kappa shape index (κ1) is 23.6. The number of hydrogen-bond acceptors (Lipinski definition) is 5. The van der Waals surface area contributed by atoms with Crippen molar-refractivity contribution < 1.29 is 32.3 Å². The van der Waals surface area contributed by atoms with Gasteiger partial charge in [-0.05, 0) is 24.1 Å². The predicted molar refractivity (Wildman–Crippen MR) is 104 cm³/mol. The number of alkyl halides is 2. The zero-order chi connectivity index (χ0) is 22.4. The number of nitrogens with zero attached hydrogens (tertiary/aromatic N) is 2. The molecule has 1 aromatic rings. The van der Waals surface area contributed by atoms with Gasteiger partial charge in [-0.3, -0.25) is 19.3 Å². The first-order chi connectivity index (χ1) is 14.1. The standard InChI is InChI=1S/C19H25F3N4O4/c1-11(2)8-25(9-15(21)22)17(18(23)28)19(29)24-12-3-4-14(13(20)7-12)26-5-6-30-10-16(26)27/h3-4,7,11,15,17H,5-6,8-10H2,1-2H3,(H2,23,28)(H,24,29)/t17-/m1/s1. The minimum atomic E-state index is -2.78. The van der Waals surface area contributed by atoms with E-state index in [1.54, 1.807) is 13.8 Å². The highest BCUT2D eigenvalue weighted by Gasteiger charge is 2.33. The number of nitrogens with two attached hydrogens (primary N) is 1. The molecule has 0 bridgehead atoms. The van der Waals surface area contributed by atoms with Crippen LogP contribution in [0.25, 0.3) is 0 Å². The van der Waals surface area contributed by atoms with E-state index in [2.05, 4.69) is 5.32 Å². The van der Waals surface area contributed by atoms with E-state index in [4.69, 9.17) is 10.5 Å². The van der Waals surface area contributed by atoms with Gasteiger partial charge in [0, 0.05) is 18.8 Å². The number of nitrogens with one attached hydrogen (secondary N) is 1. The van der Waals surface area contributed by atoms with Crippen molar-refractivity contribution in [1.82, 2.24) is 4.90 Å². The highest BCUT2D eigenvalue weighted by atomic mass is 19.3. The number of morpholine rings is 1. The normalized spacial score (nSPS) is 15.7. The lowest BCUT2D eigenvalue weighted by Crippen LogP contribution is -2.54. The van der Waals surface area contributed by atoms with Crippen LogP contribution in [0, 0.1) is 11.7 Å². The Labute approximate surface area is 172 Å². The Kier molecular flexibility index (Phi) is 8.18. The number of primary amides is 1. The summed E-state index contributed by atoms with van der Waals surface area (Å²) < 4.78 is 45.4.